The lowest BCUT2D eigenvalue weighted by molar-refractivity contribution is -0.522. The zero-order valence-corrected chi connectivity index (χ0v) is 11.5. The molecule has 0 radical (unpaired) electrons. The lowest BCUT2D eigenvalue weighted by atomic mass is 10.1. The van der Waals surface area contributed by atoms with Gasteiger partial charge in [-0.15, -0.1) is 0 Å². The molecule has 1 unspecified atom stereocenters. The van der Waals surface area contributed by atoms with Gasteiger partial charge in [-0.05, 0) is 18.9 Å². The second kappa shape index (κ2) is 9.88. The van der Waals surface area contributed by atoms with Crippen LogP contribution >= 0.6 is 0 Å². The number of allylic oxidation sites excluding steroid dienone is 2. The van der Waals surface area contributed by atoms with Crippen LogP contribution in [0.4, 0.5) is 0 Å². The van der Waals surface area contributed by atoms with Gasteiger partial charge in [-0.25, -0.2) is 0 Å². The highest BCUT2D eigenvalue weighted by molar-refractivity contribution is 5.67. The van der Waals surface area contributed by atoms with Crippen LogP contribution in [-0.4, -0.2) is 27.0 Å². The summed E-state index contributed by atoms with van der Waals surface area (Å²) >= 11 is 0. The van der Waals surface area contributed by atoms with Crippen molar-refractivity contribution in [1.29, 1.82) is 0 Å². The van der Waals surface area contributed by atoms with Crippen LogP contribution in [0, 0.1) is 20.2 Å². The summed E-state index contributed by atoms with van der Waals surface area (Å²) in [4.78, 5) is 30.8. The molecule has 0 rings (SSSR count). The van der Waals surface area contributed by atoms with Crippen molar-refractivity contribution in [3.05, 3.63) is 32.0 Å². The molecule has 114 valence electrons. The number of nitrogens with zero attached hydrogens (tertiary/aromatic N) is 2. The van der Waals surface area contributed by atoms with Crippen molar-refractivity contribution < 1.29 is 19.7 Å². The van der Waals surface area contributed by atoms with Gasteiger partial charge in [0.25, 0.3) is 0 Å². The summed E-state index contributed by atoms with van der Waals surface area (Å²) in [5.74, 6) is -1.24. The van der Waals surface area contributed by atoms with Crippen LogP contribution in [0.5, 0.6) is 0 Å². The van der Waals surface area contributed by atoms with E-state index in [-0.39, 0.29) is 18.5 Å². The molecular formula is C12H20N2O6. The minimum atomic E-state index is -1.24. The third kappa shape index (κ3) is 8.17. The van der Waals surface area contributed by atoms with E-state index in [2.05, 4.69) is 0 Å². The maximum Gasteiger partial charge on any atom is 0.310 e. The van der Waals surface area contributed by atoms with Gasteiger partial charge in [0, 0.05) is 17.8 Å². The normalized spacial score (nSPS) is 12.9. The standard InChI is InChI=1S/C12H20N2O6/c1-2-3-4-6-10(13(17)18)7-5-8-11(14(19)20)9-12(15)16/h7,11H,2-6,8-9H2,1H3,(H,15,16)/b10-7+. The van der Waals surface area contributed by atoms with E-state index in [1.165, 1.54) is 6.08 Å². The molecule has 0 aromatic carbocycles. The third-order valence-corrected chi connectivity index (χ3v) is 2.86. The van der Waals surface area contributed by atoms with Crippen molar-refractivity contribution in [1.82, 2.24) is 0 Å². The van der Waals surface area contributed by atoms with Gasteiger partial charge in [0.15, 0.2) is 0 Å². The molecule has 20 heavy (non-hydrogen) atoms. The number of carboxylic acids is 1. The van der Waals surface area contributed by atoms with Crippen LogP contribution in [0.2, 0.25) is 0 Å². The molecule has 8 heteroatoms. The van der Waals surface area contributed by atoms with Crippen molar-refractivity contribution in [2.24, 2.45) is 0 Å². The maximum atomic E-state index is 10.8. The van der Waals surface area contributed by atoms with E-state index in [9.17, 15) is 25.0 Å². The Balaban J connectivity index is 4.41. The average Bonchev–Trinajstić information content (AvgIpc) is 2.34. The average molecular weight is 288 g/mol. The number of hydrogen-bond acceptors (Lipinski definition) is 5. The Morgan fingerprint density at radius 2 is 1.95 bits per heavy atom. The smallest absolute Gasteiger partial charge is 0.310 e. The summed E-state index contributed by atoms with van der Waals surface area (Å²) in [6.45, 7) is 1.99. The molecule has 0 aliphatic carbocycles. The molecule has 0 amide bonds. The number of unbranched alkanes of at least 4 members (excludes halogenated alkanes) is 2. The van der Waals surface area contributed by atoms with Crippen molar-refractivity contribution in [3.8, 4) is 0 Å². The van der Waals surface area contributed by atoms with Crippen LogP contribution in [0.1, 0.15) is 51.9 Å². The maximum absolute atomic E-state index is 10.8. The van der Waals surface area contributed by atoms with Gasteiger partial charge in [-0.2, -0.15) is 0 Å². The minimum absolute atomic E-state index is 0.00951. The molecule has 0 aliphatic rings. The van der Waals surface area contributed by atoms with Crippen molar-refractivity contribution in [2.45, 2.75) is 57.9 Å². The Morgan fingerprint density at radius 3 is 2.40 bits per heavy atom. The van der Waals surface area contributed by atoms with Crippen LogP contribution in [0.15, 0.2) is 11.8 Å². The van der Waals surface area contributed by atoms with E-state index >= 15 is 0 Å². The van der Waals surface area contributed by atoms with Gasteiger partial charge in [0.1, 0.15) is 6.42 Å². The molecule has 0 aromatic rings. The second-order valence-corrected chi connectivity index (χ2v) is 4.52. The van der Waals surface area contributed by atoms with E-state index in [1.807, 2.05) is 6.92 Å². The van der Waals surface area contributed by atoms with Gasteiger partial charge in [0.05, 0.1) is 4.92 Å². The van der Waals surface area contributed by atoms with Gasteiger partial charge in [0.2, 0.25) is 11.7 Å². The van der Waals surface area contributed by atoms with E-state index < -0.39 is 28.3 Å². The van der Waals surface area contributed by atoms with Crippen molar-refractivity contribution >= 4 is 5.97 Å². The first-order valence-electron chi connectivity index (χ1n) is 6.57. The molecule has 0 fully saturated rings. The topological polar surface area (TPSA) is 124 Å². The summed E-state index contributed by atoms with van der Waals surface area (Å²) in [7, 11) is 0. The Bertz CT molecular complexity index is 380. The lowest BCUT2D eigenvalue weighted by Crippen LogP contribution is -2.22. The monoisotopic (exact) mass is 288 g/mol. The molecule has 0 heterocycles. The molecule has 0 aromatic heterocycles. The largest absolute Gasteiger partial charge is 0.481 e. The summed E-state index contributed by atoms with van der Waals surface area (Å²) in [5.41, 5.74) is 0.0517. The number of hydrogen-bond donors (Lipinski definition) is 1. The fraction of sp³-hybridized carbons (Fsp3) is 0.750. The number of carboxylic acid groups (broad SMARTS) is 1. The Morgan fingerprint density at radius 1 is 1.30 bits per heavy atom. The van der Waals surface area contributed by atoms with Gasteiger partial charge in [-0.3, -0.25) is 25.0 Å². The van der Waals surface area contributed by atoms with Gasteiger partial charge < -0.3 is 5.11 Å². The first-order chi connectivity index (χ1) is 9.38. The number of rotatable bonds is 11. The van der Waals surface area contributed by atoms with E-state index in [0.29, 0.717) is 12.8 Å². The molecule has 0 spiro atoms. The summed E-state index contributed by atoms with van der Waals surface area (Å²) in [6.07, 6.45) is 3.82. The third-order valence-electron chi connectivity index (χ3n) is 2.86. The minimum Gasteiger partial charge on any atom is -0.481 e. The molecule has 0 aliphatic heterocycles. The van der Waals surface area contributed by atoms with Gasteiger partial charge >= 0.3 is 5.97 Å². The fourth-order valence-electron chi connectivity index (χ4n) is 1.75. The SMILES string of the molecule is CCCCC/C(=C\CCC(CC(=O)O)[N+](=O)[O-])[N+](=O)[O-]. The molecule has 1 N–H and O–H groups in total. The number of carbonyl (C=O) groups is 1. The summed E-state index contributed by atoms with van der Waals surface area (Å²) < 4.78 is 0. The Hall–Kier alpha value is -1.99. The number of aliphatic carboxylic acids is 1. The predicted octanol–water partition coefficient (Wildman–Crippen LogP) is 2.63. The molecule has 0 saturated heterocycles. The van der Waals surface area contributed by atoms with E-state index in [0.717, 1.165) is 12.8 Å². The molecule has 0 saturated carbocycles. The Labute approximate surface area is 116 Å². The van der Waals surface area contributed by atoms with Crippen LogP contribution < -0.4 is 0 Å². The first-order valence-corrected chi connectivity index (χ1v) is 6.57. The van der Waals surface area contributed by atoms with Crippen LogP contribution in [0.3, 0.4) is 0 Å². The predicted molar refractivity (Wildman–Crippen MR) is 71.5 cm³/mol. The zero-order chi connectivity index (χ0) is 15.5. The van der Waals surface area contributed by atoms with Crippen molar-refractivity contribution in [2.75, 3.05) is 0 Å². The number of nitro groups is 2. The summed E-state index contributed by atoms with van der Waals surface area (Å²) in [5, 5.41) is 30.0. The van der Waals surface area contributed by atoms with E-state index in [4.69, 9.17) is 5.11 Å². The van der Waals surface area contributed by atoms with Gasteiger partial charge in [-0.1, -0.05) is 19.8 Å². The molecule has 1 atom stereocenters. The summed E-state index contributed by atoms with van der Waals surface area (Å²) in [6, 6.07) is -1.20. The molecular weight excluding hydrogens is 268 g/mol. The van der Waals surface area contributed by atoms with Crippen LogP contribution in [0.25, 0.3) is 0 Å². The quantitative estimate of drug-likeness (QED) is 0.354. The van der Waals surface area contributed by atoms with E-state index in [1.54, 1.807) is 0 Å². The first kappa shape index (κ1) is 18.0. The molecule has 0 bridgehead atoms. The lowest BCUT2D eigenvalue weighted by Gasteiger charge is -2.05. The highest BCUT2D eigenvalue weighted by atomic mass is 16.6. The Kier molecular flexibility index (Phi) is 8.89. The highest BCUT2D eigenvalue weighted by Gasteiger charge is 2.23. The van der Waals surface area contributed by atoms with Crippen LogP contribution in [-0.2, 0) is 4.79 Å². The zero-order valence-electron chi connectivity index (χ0n) is 11.5. The highest BCUT2D eigenvalue weighted by Crippen LogP contribution is 2.13. The van der Waals surface area contributed by atoms with Crippen molar-refractivity contribution in [3.63, 3.8) is 0 Å². The second-order valence-electron chi connectivity index (χ2n) is 4.52. The molecule has 8 nitrogen and oxygen atoms in total. The fourth-order valence-corrected chi connectivity index (χ4v) is 1.75.